The molecule has 0 aliphatic heterocycles. The lowest BCUT2D eigenvalue weighted by atomic mass is 10.2. The first-order chi connectivity index (χ1) is 14.5. The number of hydrogen-bond donors (Lipinski definition) is 2. The average Bonchev–Trinajstić information content (AvgIpc) is 2.72. The summed E-state index contributed by atoms with van der Waals surface area (Å²) in [5.74, 6) is -0.414. The van der Waals surface area contributed by atoms with E-state index in [9.17, 15) is 22.8 Å². The Labute approximate surface area is 181 Å². The van der Waals surface area contributed by atoms with Gasteiger partial charge in [-0.3, -0.25) is 9.59 Å². The first-order valence-electron chi connectivity index (χ1n) is 8.76. The smallest absolute Gasteiger partial charge is 0.416 e. The standard InChI is InChI=1S/C20H19ClF3N3O4/c1-11(26-27-19(29)12-7-14(30-2)10-15(8-12)31-3)6-18(28)25-17-9-13(20(22,23)24)4-5-16(17)21/h4-5,7-10H,6H2,1-3H3,(H,25,28)(H,27,29)/b26-11-. The Balaban J connectivity index is 2.03. The van der Waals surface area contributed by atoms with Crippen LogP contribution < -0.4 is 20.2 Å². The van der Waals surface area contributed by atoms with E-state index in [1.54, 1.807) is 6.07 Å². The fraction of sp³-hybridized carbons (Fsp3) is 0.250. The van der Waals surface area contributed by atoms with Gasteiger partial charge in [-0.05, 0) is 37.3 Å². The summed E-state index contributed by atoms with van der Waals surface area (Å²) >= 11 is 5.86. The third-order valence-corrected chi connectivity index (χ3v) is 4.28. The Hall–Kier alpha value is -3.27. The first kappa shape index (κ1) is 24.0. The van der Waals surface area contributed by atoms with Gasteiger partial charge in [0.1, 0.15) is 11.5 Å². The van der Waals surface area contributed by atoms with E-state index in [-0.39, 0.29) is 28.4 Å². The highest BCUT2D eigenvalue weighted by atomic mass is 35.5. The van der Waals surface area contributed by atoms with Crippen LogP contribution >= 0.6 is 11.6 Å². The average molecular weight is 458 g/mol. The van der Waals surface area contributed by atoms with Crippen molar-refractivity contribution in [1.82, 2.24) is 5.43 Å². The normalized spacial score (nSPS) is 11.6. The summed E-state index contributed by atoms with van der Waals surface area (Å²) in [5, 5.41) is 6.09. The van der Waals surface area contributed by atoms with E-state index in [2.05, 4.69) is 15.8 Å². The third-order valence-electron chi connectivity index (χ3n) is 3.95. The number of benzene rings is 2. The molecule has 2 aromatic rings. The van der Waals surface area contributed by atoms with Crippen molar-refractivity contribution in [3.8, 4) is 11.5 Å². The molecule has 0 saturated carbocycles. The van der Waals surface area contributed by atoms with E-state index in [4.69, 9.17) is 21.1 Å². The number of nitrogens with zero attached hydrogens (tertiary/aromatic N) is 1. The maximum Gasteiger partial charge on any atom is 0.416 e. The minimum absolute atomic E-state index is 0.0452. The second kappa shape index (κ2) is 10.2. The molecule has 166 valence electrons. The maximum absolute atomic E-state index is 12.8. The van der Waals surface area contributed by atoms with Gasteiger partial charge in [0.05, 0.1) is 36.9 Å². The van der Waals surface area contributed by atoms with Crippen LogP contribution in [0.1, 0.15) is 29.3 Å². The number of rotatable bonds is 7. The molecule has 0 aliphatic carbocycles. The second-order valence-corrected chi connectivity index (χ2v) is 6.71. The molecule has 0 saturated heterocycles. The van der Waals surface area contributed by atoms with Crippen molar-refractivity contribution >= 4 is 34.8 Å². The molecule has 0 fully saturated rings. The van der Waals surface area contributed by atoms with E-state index in [1.807, 2.05) is 0 Å². The molecule has 0 unspecified atom stereocenters. The molecular weight excluding hydrogens is 439 g/mol. The first-order valence-corrected chi connectivity index (χ1v) is 9.14. The molecule has 0 aliphatic rings. The lowest BCUT2D eigenvalue weighted by Gasteiger charge is -2.11. The van der Waals surface area contributed by atoms with Crippen LogP contribution in [0, 0.1) is 0 Å². The molecule has 2 rings (SSSR count). The summed E-state index contributed by atoms with van der Waals surface area (Å²) < 4.78 is 48.7. The Morgan fingerprint density at radius 1 is 1.06 bits per heavy atom. The van der Waals surface area contributed by atoms with Crippen LogP contribution in [0.15, 0.2) is 41.5 Å². The van der Waals surface area contributed by atoms with Crippen LogP contribution in [0.3, 0.4) is 0 Å². The Kier molecular flexibility index (Phi) is 7.87. The number of ether oxygens (including phenoxy) is 2. The van der Waals surface area contributed by atoms with E-state index in [0.29, 0.717) is 11.5 Å². The summed E-state index contributed by atoms with van der Waals surface area (Å²) in [6.45, 7) is 1.47. The van der Waals surface area contributed by atoms with Gasteiger partial charge in [0.25, 0.3) is 5.91 Å². The van der Waals surface area contributed by atoms with Crippen LogP contribution in [0.25, 0.3) is 0 Å². The van der Waals surface area contributed by atoms with Crippen LogP contribution in [-0.2, 0) is 11.0 Å². The highest BCUT2D eigenvalue weighted by molar-refractivity contribution is 6.33. The van der Waals surface area contributed by atoms with Crippen molar-refractivity contribution in [2.24, 2.45) is 5.10 Å². The monoisotopic (exact) mass is 457 g/mol. The molecule has 0 atom stereocenters. The molecule has 2 amide bonds. The topological polar surface area (TPSA) is 89.0 Å². The van der Waals surface area contributed by atoms with Gasteiger partial charge >= 0.3 is 6.18 Å². The fourth-order valence-electron chi connectivity index (χ4n) is 2.41. The SMILES string of the molecule is COc1cc(OC)cc(C(=O)N/N=C(/C)CC(=O)Nc2cc(C(F)(F)F)ccc2Cl)c1. The van der Waals surface area contributed by atoms with Gasteiger partial charge < -0.3 is 14.8 Å². The highest BCUT2D eigenvalue weighted by Crippen LogP contribution is 2.33. The van der Waals surface area contributed by atoms with Gasteiger partial charge in [0, 0.05) is 17.3 Å². The summed E-state index contributed by atoms with van der Waals surface area (Å²) in [6, 6.07) is 7.15. The van der Waals surface area contributed by atoms with E-state index in [0.717, 1.165) is 18.2 Å². The van der Waals surface area contributed by atoms with Crippen LogP contribution in [0.2, 0.25) is 5.02 Å². The van der Waals surface area contributed by atoms with E-state index < -0.39 is 23.6 Å². The van der Waals surface area contributed by atoms with Gasteiger partial charge in [0.15, 0.2) is 0 Å². The molecule has 0 aromatic heterocycles. The van der Waals surface area contributed by atoms with Crippen molar-refractivity contribution in [2.45, 2.75) is 19.5 Å². The van der Waals surface area contributed by atoms with Crippen molar-refractivity contribution in [1.29, 1.82) is 0 Å². The van der Waals surface area contributed by atoms with E-state index >= 15 is 0 Å². The number of amides is 2. The second-order valence-electron chi connectivity index (χ2n) is 6.31. The van der Waals surface area contributed by atoms with Gasteiger partial charge in [-0.2, -0.15) is 18.3 Å². The number of nitrogens with one attached hydrogen (secondary N) is 2. The number of alkyl halides is 3. The van der Waals surface area contributed by atoms with Crippen molar-refractivity contribution in [3.63, 3.8) is 0 Å². The minimum atomic E-state index is -4.57. The third kappa shape index (κ3) is 6.88. The predicted octanol–water partition coefficient (Wildman–Crippen LogP) is 4.51. The molecule has 0 spiro atoms. The number of carbonyl (C=O) groups is 2. The molecular formula is C20H19ClF3N3O4. The molecule has 0 heterocycles. The highest BCUT2D eigenvalue weighted by Gasteiger charge is 2.31. The fourth-order valence-corrected chi connectivity index (χ4v) is 2.58. The summed E-state index contributed by atoms with van der Waals surface area (Å²) in [5.41, 5.74) is 1.60. The predicted molar refractivity (Wildman–Crippen MR) is 110 cm³/mol. The van der Waals surface area contributed by atoms with Crippen LogP contribution in [0.5, 0.6) is 11.5 Å². The minimum Gasteiger partial charge on any atom is -0.497 e. The van der Waals surface area contributed by atoms with Gasteiger partial charge in [-0.1, -0.05) is 11.6 Å². The number of halogens is 4. The molecule has 2 N–H and O–H groups in total. The molecule has 7 nitrogen and oxygen atoms in total. The lowest BCUT2D eigenvalue weighted by molar-refractivity contribution is -0.137. The molecule has 0 bridgehead atoms. The van der Waals surface area contributed by atoms with Crippen molar-refractivity contribution in [2.75, 3.05) is 19.5 Å². The molecule has 31 heavy (non-hydrogen) atoms. The van der Waals surface area contributed by atoms with Crippen LogP contribution in [-0.4, -0.2) is 31.7 Å². The zero-order valence-electron chi connectivity index (χ0n) is 16.8. The number of hydrazone groups is 1. The molecule has 0 radical (unpaired) electrons. The Bertz CT molecular complexity index is 987. The number of carbonyl (C=O) groups excluding carboxylic acids is 2. The quantitative estimate of drug-likeness (QED) is 0.473. The Morgan fingerprint density at radius 3 is 2.23 bits per heavy atom. The van der Waals surface area contributed by atoms with Gasteiger partial charge in [0.2, 0.25) is 5.91 Å². The largest absolute Gasteiger partial charge is 0.497 e. The zero-order valence-corrected chi connectivity index (χ0v) is 17.5. The summed E-state index contributed by atoms with van der Waals surface area (Å²) in [6.07, 6.45) is -4.86. The number of hydrogen-bond acceptors (Lipinski definition) is 5. The maximum atomic E-state index is 12.8. The molecule has 11 heteroatoms. The van der Waals surface area contributed by atoms with Crippen LogP contribution in [0.4, 0.5) is 18.9 Å². The summed E-state index contributed by atoms with van der Waals surface area (Å²) in [7, 11) is 2.88. The lowest BCUT2D eigenvalue weighted by Crippen LogP contribution is -2.21. The van der Waals surface area contributed by atoms with Gasteiger partial charge in [-0.15, -0.1) is 0 Å². The van der Waals surface area contributed by atoms with Gasteiger partial charge in [-0.25, -0.2) is 5.43 Å². The van der Waals surface area contributed by atoms with E-state index in [1.165, 1.54) is 33.3 Å². The van der Waals surface area contributed by atoms with Crippen molar-refractivity contribution in [3.05, 3.63) is 52.5 Å². The van der Waals surface area contributed by atoms with Crippen molar-refractivity contribution < 1.29 is 32.2 Å². The summed E-state index contributed by atoms with van der Waals surface area (Å²) in [4.78, 5) is 24.4. The Morgan fingerprint density at radius 2 is 1.68 bits per heavy atom. The number of methoxy groups -OCH3 is 2. The number of anilines is 1. The zero-order chi connectivity index (χ0) is 23.2. The molecule has 2 aromatic carbocycles.